The molecule has 2 N–H and O–H groups in total. The zero-order valence-electron chi connectivity index (χ0n) is 15.2. The average molecular weight is 477 g/mol. The number of rotatable bonds is 7. The van der Waals surface area contributed by atoms with Crippen LogP contribution >= 0.6 is 15.9 Å². The van der Waals surface area contributed by atoms with Gasteiger partial charge in [-0.2, -0.15) is 4.72 Å². The number of hydrogen-bond acceptors (Lipinski definition) is 3. The van der Waals surface area contributed by atoms with Crippen LogP contribution in [0.25, 0.3) is 0 Å². The van der Waals surface area contributed by atoms with Gasteiger partial charge >= 0.3 is 0 Å². The number of carbonyl (C=O) groups is 1. The van der Waals surface area contributed by atoms with Gasteiger partial charge in [0.1, 0.15) is 11.9 Å². The maximum absolute atomic E-state index is 14.1. The van der Waals surface area contributed by atoms with Crippen LogP contribution in [-0.4, -0.2) is 20.4 Å². The fourth-order valence-electron chi connectivity index (χ4n) is 2.70. The number of carbonyl (C=O) groups excluding carboxylic acids is 1. The number of amides is 1. The molecule has 0 aliphatic heterocycles. The minimum absolute atomic E-state index is 0.0322. The molecular formula is C21H18BrFN2O3S. The molecule has 0 radical (unpaired) electrons. The number of anilines is 1. The van der Waals surface area contributed by atoms with E-state index < -0.39 is 27.8 Å². The Labute approximate surface area is 177 Å². The quantitative estimate of drug-likeness (QED) is 0.538. The van der Waals surface area contributed by atoms with E-state index >= 15 is 0 Å². The van der Waals surface area contributed by atoms with E-state index in [4.69, 9.17) is 0 Å². The number of benzene rings is 3. The summed E-state index contributed by atoms with van der Waals surface area (Å²) in [4.78, 5) is 12.9. The molecule has 0 fully saturated rings. The summed E-state index contributed by atoms with van der Waals surface area (Å²) in [5, 5.41) is 2.47. The second kappa shape index (κ2) is 9.30. The highest BCUT2D eigenvalue weighted by atomic mass is 79.9. The summed E-state index contributed by atoms with van der Waals surface area (Å²) in [6.07, 6.45) is 0.108. The Kier molecular flexibility index (Phi) is 6.79. The first-order valence-electron chi connectivity index (χ1n) is 8.72. The molecule has 0 aliphatic carbocycles. The zero-order chi connectivity index (χ0) is 20.9. The van der Waals surface area contributed by atoms with Gasteiger partial charge in [0.25, 0.3) is 0 Å². The molecule has 0 unspecified atom stereocenters. The lowest BCUT2D eigenvalue weighted by Gasteiger charge is -2.19. The van der Waals surface area contributed by atoms with Gasteiger partial charge in [-0.25, -0.2) is 12.8 Å². The topological polar surface area (TPSA) is 75.3 Å². The number of hydrogen-bond donors (Lipinski definition) is 2. The number of nitrogens with one attached hydrogen (secondary N) is 2. The molecule has 3 aromatic rings. The minimum Gasteiger partial charge on any atom is -0.322 e. The Morgan fingerprint density at radius 2 is 1.59 bits per heavy atom. The largest absolute Gasteiger partial charge is 0.322 e. The predicted molar refractivity (Wildman–Crippen MR) is 113 cm³/mol. The molecular weight excluding hydrogens is 459 g/mol. The summed E-state index contributed by atoms with van der Waals surface area (Å²) in [5.74, 6) is -1.29. The van der Waals surface area contributed by atoms with E-state index in [1.54, 1.807) is 48.5 Å². The van der Waals surface area contributed by atoms with E-state index in [2.05, 4.69) is 26.0 Å². The minimum atomic E-state index is -3.95. The summed E-state index contributed by atoms with van der Waals surface area (Å²) < 4.78 is 42.5. The maximum atomic E-state index is 14.1. The molecule has 0 spiro atoms. The molecule has 29 heavy (non-hydrogen) atoms. The van der Waals surface area contributed by atoms with Crippen molar-refractivity contribution in [3.05, 3.63) is 94.7 Å². The van der Waals surface area contributed by atoms with Crippen LogP contribution in [0.5, 0.6) is 0 Å². The van der Waals surface area contributed by atoms with Gasteiger partial charge in [0, 0.05) is 4.47 Å². The van der Waals surface area contributed by atoms with Crippen molar-refractivity contribution in [3.63, 3.8) is 0 Å². The van der Waals surface area contributed by atoms with Crippen LogP contribution in [0, 0.1) is 5.82 Å². The molecule has 0 bridgehead atoms. The van der Waals surface area contributed by atoms with Gasteiger partial charge in [-0.1, -0.05) is 64.5 Å². The van der Waals surface area contributed by atoms with Crippen molar-refractivity contribution in [2.24, 2.45) is 0 Å². The second-order valence-electron chi connectivity index (χ2n) is 6.29. The van der Waals surface area contributed by atoms with Crippen LogP contribution in [0.3, 0.4) is 0 Å². The van der Waals surface area contributed by atoms with Crippen molar-refractivity contribution in [2.75, 3.05) is 5.32 Å². The predicted octanol–water partition coefficient (Wildman–Crippen LogP) is 4.12. The highest BCUT2D eigenvalue weighted by Gasteiger charge is 2.26. The first-order valence-corrected chi connectivity index (χ1v) is 11.0. The van der Waals surface area contributed by atoms with Crippen LogP contribution in [0.4, 0.5) is 10.1 Å². The van der Waals surface area contributed by atoms with Gasteiger partial charge in [0.15, 0.2) is 0 Å². The van der Waals surface area contributed by atoms with E-state index in [0.717, 1.165) is 5.56 Å². The molecule has 0 aliphatic rings. The third-order valence-corrected chi connectivity index (χ3v) is 6.12. The van der Waals surface area contributed by atoms with Crippen molar-refractivity contribution in [1.82, 2.24) is 4.72 Å². The van der Waals surface area contributed by atoms with Crippen LogP contribution in [0.1, 0.15) is 5.56 Å². The first-order chi connectivity index (χ1) is 13.8. The lowest BCUT2D eigenvalue weighted by molar-refractivity contribution is -0.117. The molecule has 0 saturated carbocycles. The van der Waals surface area contributed by atoms with Crippen molar-refractivity contribution in [2.45, 2.75) is 17.4 Å². The van der Waals surface area contributed by atoms with Crippen LogP contribution in [0.15, 0.2) is 88.2 Å². The lowest BCUT2D eigenvalue weighted by Crippen LogP contribution is -2.45. The highest BCUT2D eigenvalue weighted by Crippen LogP contribution is 2.20. The van der Waals surface area contributed by atoms with Crippen molar-refractivity contribution in [3.8, 4) is 0 Å². The SMILES string of the molecule is O=C(Nc1ccc(Br)cc1F)[C@H](Cc1ccccc1)NS(=O)(=O)c1ccccc1. The third-order valence-electron chi connectivity index (χ3n) is 4.14. The molecule has 150 valence electrons. The van der Waals surface area contributed by atoms with E-state index in [1.807, 2.05) is 6.07 Å². The maximum Gasteiger partial charge on any atom is 0.242 e. The van der Waals surface area contributed by atoms with Crippen LogP contribution < -0.4 is 10.0 Å². The summed E-state index contributed by atoms with van der Waals surface area (Å²) in [7, 11) is -3.95. The fourth-order valence-corrected chi connectivity index (χ4v) is 4.25. The molecule has 3 aromatic carbocycles. The third kappa shape index (κ3) is 5.72. The molecule has 5 nitrogen and oxygen atoms in total. The van der Waals surface area contributed by atoms with Gasteiger partial charge in [0.05, 0.1) is 10.6 Å². The van der Waals surface area contributed by atoms with E-state index in [9.17, 15) is 17.6 Å². The van der Waals surface area contributed by atoms with E-state index in [-0.39, 0.29) is 17.0 Å². The molecule has 3 rings (SSSR count). The van der Waals surface area contributed by atoms with Gasteiger partial charge in [-0.05, 0) is 42.3 Å². The molecule has 8 heteroatoms. The normalized spacial score (nSPS) is 12.3. The summed E-state index contributed by atoms with van der Waals surface area (Å²) >= 11 is 3.16. The van der Waals surface area contributed by atoms with Crippen molar-refractivity contribution >= 4 is 37.5 Å². The zero-order valence-corrected chi connectivity index (χ0v) is 17.6. The monoisotopic (exact) mass is 476 g/mol. The highest BCUT2D eigenvalue weighted by molar-refractivity contribution is 9.10. The van der Waals surface area contributed by atoms with Gasteiger partial charge in [0.2, 0.25) is 15.9 Å². The van der Waals surface area contributed by atoms with Crippen LogP contribution in [0.2, 0.25) is 0 Å². The Morgan fingerprint density at radius 3 is 2.21 bits per heavy atom. The van der Waals surface area contributed by atoms with Gasteiger partial charge in [-0.3, -0.25) is 4.79 Å². The van der Waals surface area contributed by atoms with Crippen molar-refractivity contribution < 1.29 is 17.6 Å². The molecule has 1 atom stereocenters. The smallest absolute Gasteiger partial charge is 0.242 e. The summed E-state index contributed by atoms with van der Waals surface area (Å²) in [6.45, 7) is 0. The number of halogens is 2. The molecule has 0 saturated heterocycles. The van der Waals surface area contributed by atoms with E-state index in [1.165, 1.54) is 24.3 Å². The molecule has 0 aromatic heterocycles. The Balaban J connectivity index is 1.87. The van der Waals surface area contributed by atoms with Gasteiger partial charge < -0.3 is 5.32 Å². The number of sulfonamides is 1. The lowest BCUT2D eigenvalue weighted by atomic mass is 10.1. The van der Waals surface area contributed by atoms with Crippen LogP contribution in [-0.2, 0) is 21.2 Å². The van der Waals surface area contributed by atoms with Gasteiger partial charge in [-0.15, -0.1) is 0 Å². The fraction of sp³-hybridized carbons (Fsp3) is 0.0952. The van der Waals surface area contributed by atoms with E-state index in [0.29, 0.717) is 4.47 Å². The Hall–Kier alpha value is -2.55. The Morgan fingerprint density at radius 1 is 0.966 bits per heavy atom. The Bertz CT molecular complexity index is 1090. The summed E-state index contributed by atoms with van der Waals surface area (Å²) in [6, 6.07) is 19.8. The second-order valence-corrected chi connectivity index (χ2v) is 8.92. The average Bonchev–Trinajstić information content (AvgIpc) is 2.71. The standard InChI is InChI=1S/C21H18BrFN2O3S/c22-16-11-12-19(18(23)14-16)24-21(26)20(13-15-7-3-1-4-8-15)25-29(27,28)17-9-5-2-6-10-17/h1-12,14,20,25H,13H2,(H,24,26)/t20-/m0/s1. The molecule has 1 amide bonds. The molecule has 0 heterocycles. The first kappa shape index (κ1) is 21.2. The summed E-state index contributed by atoms with van der Waals surface area (Å²) in [5.41, 5.74) is 0.731. The van der Waals surface area contributed by atoms with Crippen molar-refractivity contribution in [1.29, 1.82) is 0 Å².